The molecule has 1 saturated heterocycles. The van der Waals surface area contributed by atoms with Gasteiger partial charge in [-0.2, -0.15) is 0 Å². The maximum atomic E-state index is 11.4. The first-order valence-corrected chi connectivity index (χ1v) is 8.46. The molecule has 2 N–H and O–H groups in total. The normalized spacial score (nSPS) is 29.0. The van der Waals surface area contributed by atoms with Gasteiger partial charge in [-0.15, -0.1) is 0 Å². The molecule has 0 aromatic carbocycles. The second kappa shape index (κ2) is 5.24. The Balaban J connectivity index is 1.91. The van der Waals surface area contributed by atoms with E-state index in [0.717, 1.165) is 12.8 Å². The Kier molecular flexibility index (Phi) is 4.10. The Hall–Kier alpha value is -0.130. The van der Waals surface area contributed by atoms with Crippen molar-refractivity contribution >= 4 is 9.84 Å². The molecule has 2 rings (SSSR count). The third kappa shape index (κ3) is 3.42. The minimum Gasteiger partial charge on any atom is -0.394 e. The molecule has 1 aliphatic carbocycles. The predicted molar refractivity (Wildman–Crippen MR) is 67.7 cm³/mol. The highest BCUT2D eigenvalue weighted by atomic mass is 32.2. The fraction of sp³-hybridized carbons (Fsp3) is 1.00. The van der Waals surface area contributed by atoms with Crippen molar-refractivity contribution in [2.24, 2.45) is 0 Å². The maximum absolute atomic E-state index is 11.4. The smallest absolute Gasteiger partial charge is 0.150 e. The lowest BCUT2D eigenvalue weighted by atomic mass is 9.81. The number of nitrogens with one attached hydrogen (secondary N) is 1. The van der Waals surface area contributed by atoms with Gasteiger partial charge in [-0.05, 0) is 25.7 Å². The number of hydrogen-bond acceptors (Lipinski definition) is 4. The minimum atomic E-state index is -2.79. The monoisotopic (exact) mass is 261 g/mol. The quantitative estimate of drug-likeness (QED) is 0.790. The lowest BCUT2D eigenvalue weighted by Gasteiger charge is -2.40. The first-order chi connectivity index (χ1) is 8.05. The zero-order valence-corrected chi connectivity index (χ0v) is 11.1. The highest BCUT2D eigenvalue weighted by Crippen LogP contribution is 2.29. The molecule has 0 bridgehead atoms. The summed E-state index contributed by atoms with van der Waals surface area (Å²) in [6.07, 6.45) is 7.02. The number of rotatable bonds is 3. The Morgan fingerprint density at radius 2 is 1.71 bits per heavy atom. The summed E-state index contributed by atoms with van der Waals surface area (Å²) in [5.74, 6) is 0.596. The number of hydrogen-bond donors (Lipinski definition) is 2. The molecular weight excluding hydrogens is 238 g/mol. The van der Waals surface area contributed by atoms with Crippen molar-refractivity contribution < 1.29 is 13.5 Å². The van der Waals surface area contributed by atoms with E-state index in [1.54, 1.807) is 0 Å². The molecule has 1 aliphatic heterocycles. The molecule has 0 aromatic rings. The van der Waals surface area contributed by atoms with E-state index in [9.17, 15) is 13.5 Å². The molecule has 1 heterocycles. The van der Waals surface area contributed by atoms with Crippen LogP contribution in [0.3, 0.4) is 0 Å². The van der Waals surface area contributed by atoms with Gasteiger partial charge in [0.1, 0.15) is 9.84 Å². The zero-order valence-electron chi connectivity index (χ0n) is 10.3. The molecular formula is C12H23NO3S. The second-order valence-electron chi connectivity index (χ2n) is 5.57. The van der Waals surface area contributed by atoms with E-state index in [1.165, 1.54) is 19.3 Å². The summed E-state index contributed by atoms with van der Waals surface area (Å²) >= 11 is 0. The van der Waals surface area contributed by atoms with Crippen LogP contribution in [-0.2, 0) is 9.84 Å². The highest BCUT2D eigenvalue weighted by molar-refractivity contribution is 7.91. The van der Waals surface area contributed by atoms with Gasteiger partial charge < -0.3 is 10.4 Å². The number of aliphatic hydroxyl groups excluding tert-OH is 1. The van der Waals surface area contributed by atoms with Crippen LogP contribution in [0.25, 0.3) is 0 Å². The molecule has 4 nitrogen and oxygen atoms in total. The van der Waals surface area contributed by atoms with Crippen molar-refractivity contribution in [3.63, 3.8) is 0 Å². The Bertz CT molecular complexity index is 333. The molecule has 100 valence electrons. The van der Waals surface area contributed by atoms with Gasteiger partial charge >= 0.3 is 0 Å². The van der Waals surface area contributed by atoms with Crippen molar-refractivity contribution in [1.29, 1.82) is 0 Å². The minimum absolute atomic E-state index is 0.135. The van der Waals surface area contributed by atoms with Crippen LogP contribution in [-0.4, -0.2) is 43.2 Å². The largest absolute Gasteiger partial charge is 0.394 e. The topological polar surface area (TPSA) is 66.4 Å². The average molecular weight is 261 g/mol. The van der Waals surface area contributed by atoms with Crippen LogP contribution in [0.1, 0.15) is 44.9 Å². The van der Waals surface area contributed by atoms with Gasteiger partial charge in [0.2, 0.25) is 0 Å². The van der Waals surface area contributed by atoms with Crippen molar-refractivity contribution in [1.82, 2.24) is 5.32 Å². The molecule has 0 spiro atoms. The van der Waals surface area contributed by atoms with E-state index in [2.05, 4.69) is 5.32 Å². The first kappa shape index (κ1) is 13.3. The Morgan fingerprint density at radius 1 is 1.12 bits per heavy atom. The van der Waals surface area contributed by atoms with E-state index in [-0.39, 0.29) is 18.2 Å². The first-order valence-electron chi connectivity index (χ1n) is 6.64. The lowest BCUT2D eigenvalue weighted by Crippen LogP contribution is -2.55. The summed E-state index contributed by atoms with van der Waals surface area (Å²) < 4.78 is 22.7. The summed E-state index contributed by atoms with van der Waals surface area (Å²) in [7, 11) is -2.79. The van der Waals surface area contributed by atoms with Gasteiger partial charge in [-0.1, -0.05) is 19.3 Å². The molecule has 0 atom stereocenters. The van der Waals surface area contributed by atoms with Crippen molar-refractivity contribution in [2.45, 2.75) is 56.5 Å². The second-order valence-corrected chi connectivity index (χ2v) is 7.87. The van der Waals surface area contributed by atoms with Gasteiger partial charge in [0.05, 0.1) is 18.1 Å². The molecule has 0 unspecified atom stereocenters. The Morgan fingerprint density at radius 3 is 2.24 bits per heavy atom. The predicted octanol–water partition coefficient (Wildman–Crippen LogP) is 0.848. The zero-order chi connectivity index (χ0) is 12.4. The summed E-state index contributed by atoms with van der Waals surface area (Å²) in [5.41, 5.74) is -0.135. The van der Waals surface area contributed by atoms with E-state index in [0.29, 0.717) is 24.3 Å². The van der Waals surface area contributed by atoms with Gasteiger partial charge in [0, 0.05) is 11.6 Å². The summed E-state index contributed by atoms with van der Waals surface area (Å²) in [6.45, 7) is 0.177. The van der Waals surface area contributed by atoms with E-state index in [1.807, 2.05) is 0 Å². The summed E-state index contributed by atoms with van der Waals surface area (Å²) in [5, 5.41) is 13.1. The standard InChI is InChI=1S/C12H23NO3S/c14-10-12(6-2-1-3-7-12)13-11-4-8-17(15,16)9-5-11/h11,13-14H,1-10H2. The van der Waals surface area contributed by atoms with Crippen LogP contribution in [0, 0.1) is 0 Å². The molecule has 2 fully saturated rings. The molecule has 1 saturated carbocycles. The van der Waals surface area contributed by atoms with Gasteiger partial charge in [0.15, 0.2) is 0 Å². The van der Waals surface area contributed by atoms with Crippen LogP contribution in [0.15, 0.2) is 0 Å². The van der Waals surface area contributed by atoms with Gasteiger partial charge in [-0.25, -0.2) is 8.42 Å². The van der Waals surface area contributed by atoms with E-state index in [4.69, 9.17) is 0 Å². The van der Waals surface area contributed by atoms with E-state index >= 15 is 0 Å². The van der Waals surface area contributed by atoms with Crippen molar-refractivity contribution in [3.8, 4) is 0 Å². The Labute approximate surface area is 104 Å². The molecule has 0 amide bonds. The van der Waals surface area contributed by atoms with Gasteiger partial charge in [0.25, 0.3) is 0 Å². The fourth-order valence-electron chi connectivity index (χ4n) is 3.04. The van der Waals surface area contributed by atoms with Crippen molar-refractivity contribution in [3.05, 3.63) is 0 Å². The fourth-order valence-corrected chi connectivity index (χ4v) is 4.54. The third-order valence-corrected chi connectivity index (χ3v) is 5.89. The molecule has 0 aromatic heterocycles. The van der Waals surface area contributed by atoms with E-state index < -0.39 is 9.84 Å². The van der Waals surface area contributed by atoms with Crippen LogP contribution in [0.2, 0.25) is 0 Å². The van der Waals surface area contributed by atoms with Crippen LogP contribution < -0.4 is 5.32 Å². The average Bonchev–Trinajstić information content (AvgIpc) is 2.33. The molecule has 5 heteroatoms. The number of aliphatic hydroxyl groups is 1. The maximum Gasteiger partial charge on any atom is 0.150 e. The number of sulfone groups is 1. The summed E-state index contributed by atoms with van der Waals surface area (Å²) in [6, 6.07) is 0.267. The van der Waals surface area contributed by atoms with Crippen molar-refractivity contribution in [2.75, 3.05) is 18.1 Å². The third-order valence-electron chi connectivity index (χ3n) is 4.18. The SMILES string of the molecule is O=S1(=O)CCC(NC2(CO)CCCCC2)CC1. The highest BCUT2D eigenvalue weighted by Gasteiger charge is 2.35. The molecule has 0 radical (unpaired) electrons. The van der Waals surface area contributed by atoms with Crippen LogP contribution in [0.4, 0.5) is 0 Å². The molecule has 17 heavy (non-hydrogen) atoms. The van der Waals surface area contributed by atoms with Crippen LogP contribution in [0.5, 0.6) is 0 Å². The van der Waals surface area contributed by atoms with Crippen LogP contribution >= 0.6 is 0 Å². The summed E-state index contributed by atoms with van der Waals surface area (Å²) in [4.78, 5) is 0. The molecule has 2 aliphatic rings. The van der Waals surface area contributed by atoms with Gasteiger partial charge in [-0.3, -0.25) is 0 Å². The lowest BCUT2D eigenvalue weighted by molar-refractivity contribution is 0.106.